The Balaban J connectivity index is 1.93. The Bertz CT molecular complexity index is 713. The van der Waals surface area contributed by atoms with Crippen LogP contribution in [0.3, 0.4) is 0 Å². The number of carbonyl (C=O) groups excluding carboxylic acids is 1. The van der Waals surface area contributed by atoms with Gasteiger partial charge in [-0.15, -0.1) is 0 Å². The molecule has 23 heavy (non-hydrogen) atoms. The third kappa shape index (κ3) is 5.34. The van der Waals surface area contributed by atoms with Crippen molar-refractivity contribution in [2.45, 2.75) is 26.4 Å². The van der Waals surface area contributed by atoms with Crippen LogP contribution in [0.2, 0.25) is 5.02 Å². The van der Waals surface area contributed by atoms with Crippen LogP contribution >= 0.6 is 11.6 Å². The summed E-state index contributed by atoms with van der Waals surface area (Å²) in [5.41, 5.74) is 1.48. The number of carbonyl (C=O) groups is 1. The Morgan fingerprint density at radius 3 is 2.83 bits per heavy atom. The number of pyridine rings is 1. The predicted molar refractivity (Wildman–Crippen MR) is 94.3 cm³/mol. The minimum Gasteiger partial charge on any atom is -0.393 e. The van der Waals surface area contributed by atoms with Crippen molar-refractivity contribution >= 4 is 34.5 Å². The van der Waals surface area contributed by atoms with Gasteiger partial charge in [-0.05, 0) is 36.6 Å². The standard InChI is InChI=1S/C18H21ClN2O2/c1-12(2)17(22)9-10-20-18(23)8-7-15-6-4-13-3-5-14(19)11-16(13)21-15/h3-8,11-12,17,22H,9-10H2,1-2H3,(H,20,23). The molecule has 0 aliphatic heterocycles. The fraction of sp³-hybridized carbons (Fsp3) is 0.333. The van der Waals surface area contributed by atoms with Crippen LogP contribution < -0.4 is 5.32 Å². The molecule has 0 fully saturated rings. The number of aliphatic hydroxyl groups excluding tert-OH is 1. The van der Waals surface area contributed by atoms with Crippen LogP contribution in [0.4, 0.5) is 0 Å². The van der Waals surface area contributed by atoms with Crippen molar-refractivity contribution in [2.24, 2.45) is 5.92 Å². The van der Waals surface area contributed by atoms with Crippen LogP contribution in [0.15, 0.2) is 36.4 Å². The Morgan fingerprint density at radius 1 is 1.35 bits per heavy atom. The number of nitrogens with one attached hydrogen (secondary N) is 1. The highest BCUT2D eigenvalue weighted by Crippen LogP contribution is 2.18. The van der Waals surface area contributed by atoms with Crippen molar-refractivity contribution in [2.75, 3.05) is 6.54 Å². The Kier molecular flexibility index (Phi) is 6.13. The van der Waals surface area contributed by atoms with Gasteiger partial charge in [0.05, 0.1) is 17.3 Å². The van der Waals surface area contributed by atoms with Crippen molar-refractivity contribution in [3.63, 3.8) is 0 Å². The third-order valence-electron chi connectivity index (χ3n) is 3.59. The lowest BCUT2D eigenvalue weighted by Crippen LogP contribution is -2.27. The van der Waals surface area contributed by atoms with Gasteiger partial charge in [0.2, 0.25) is 5.91 Å². The quantitative estimate of drug-likeness (QED) is 0.797. The van der Waals surface area contributed by atoms with Crippen molar-refractivity contribution < 1.29 is 9.90 Å². The number of aliphatic hydroxyl groups is 1. The van der Waals surface area contributed by atoms with E-state index in [1.807, 2.05) is 38.1 Å². The van der Waals surface area contributed by atoms with Gasteiger partial charge in [0, 0.05) is 23.0 Å². The summed E-state index contributed by atoms with van der Waals surface area (Å²) in [6, 6.07) is 9.31. The maximum Gasteiger partial charge on any atom is 0.244 e. The Labute approximate surface area is 141 Å². The molecule has 1 aromatic heterocycles. The average molecular weight is 333 g/mol. The lowest BCUT2D eigenvalue weighted by molar-refractivity contribution is -0.116. The second-order valence-electron chi connectivity index (χ2n) is 5.80. The molecule has 0 aliphatic rings. The van der Waals surface area contributed by atoms with E-state index in [1.165, 1.54) is 6.08 Å². The van der Waals surface area contributed by atoms with E-state index in [1.54, 1.807) is 12.1 Å². The van der Waals surface area contributed by atoms with Gasteiger partial charge in [0.15, 0.2) is 0 Å². The molecule has 4 nitrogen and oxygen atoms in total. The zero-order chi connectivity index (χ0) is 16.8. The van der Waals surface area contributed by atoms with Crippen LogP contribution in [0, 0.1) is 5.92 Å². The zero-order valence-electron chi connectivity index (χ0n) is 13.3. The van der Waals surface area contributed by atoms with E-state index in [9.17, 15) is 9.90 Å². The minimum atomic E-state index is -0.397. The first-order valence-electron chi connectivity index (χ1n) is 7.66. The molecule has 2 rings (SSSR count). The largest absolute Gasteiger partial charge is 0.393 e. The van der Waals surface area contributed by atoms with E-state index in [0.29, 0.717) is 23.7 Å². The maximum atomic E-state index is 11.8. The van der Waals surface area contributed by atoms with E-state index >= 15 is 0 Å². The van der Waals surface area contributed by atoms with Gasteiger partial charge < -0.3 is 10.4 Å². The molecule has 122 valence electrons. The van der Waals surface area contributed by atoms with Gasteiger partial charge in [-0.1, -0.05) is 37.6 Å². The van der Waals surface area contributed by atoms with Gasteiger partial charge in [-0.25, -0.2) is 4.98 Å². The van der Waals surface area contributed by atoms with E-state index in [-0.39, 0.29) is 11.8 Å². The topological polar surface area (TPSA) is 62.2 Å². The normalized spacial score (nSPS) is 12.9. The summed E-state index contributed by atoms with van der Waals surface area (Å²) in [5.74, 6) is -0.00925. The van der Waals surface area contributed by atoms with Crippen LogP contribution in [0.1, 0.15) is 26.0 Å². The highest BCUT2D eigenvalue weighted by molar-refractivity contribution is 6.31. The molecule has 1 amide bonds. The van der Waals surface area contributed by atoms with E-state index in [2.05, 4.69) is 10.3 Å². The maximum absolute atomic E-state index is 11.8. The van der Waals surface area contributed by atoms with Crippen molar-refractivity contribution in [1.82, 2.24) is 10.3 Å². The van der Waals surface area contributed by atoms with E-state index in [4.69, 9.17) is 11.6 Å². The first-order chi connectivity index (χ1) is 11.0. The highest BCUT2D eigenvalue weighted by Gasteiger charge is 2.08. The average Bonchev–Trinajstić information content (AvgIpc) is 2.52. The van der Waals surface area contributed by atoms with Gasteiger partial charge in [0.25, 0.3) is 0 Å². The Hall–Kier alpha value is -1.91. The Morgan fingerprint density at radius 2 is 2.09 bits per heavy atom. The molecule has 1 heterocycles. The number of benzene rings is 1. The number of nitrogens with zero attached hydrogens (tertiary/aromatic N) is 1. The molecule has 0 spiro atoms. The molecule has 0 saturated heterocycles. The molecule has 0 bridgehead atoms. The molecule has 1 unspecified atom stereocenters. The highest BCUT2D eigenvalue weighted by atomic mass is 35.5. The number of hydrogen-bond acceptors (Lipinski definition) is 3. The summed E-state index contributed by atoms with van der Waals surface area (Å²) < 4.78 is 0. The minimum absolute atomic E-state index is 0.191. The summed E-state index contributed by atoms with van der Waals surface area (Å²) in [5, 5.41) is 14.1. The lowest BCUT2D eigenvalue weighted by atomic mass is 10.0. The predicted octanol–water partition coefficient (Wildman–Crippen LogP) is 3.42. The number of amides is 1. The van der Waals surface area contributed by atoms with Crippen molar-refractivity contribution in [1.29, 1.82) is 0 Å². The summed E-state index contributed by atoms with van der Waals surface area (Å²) in [6.07, 6.45) is 3.25. The van der Waals surface area contributed by atoms with Crippen LogP contribution in [-0.4, -0.2) is 28.6 Å². The summed E-state index contributed by atoms with van der Waals surface area (Å²) in [6.45, 7) is 4.34. The summed E-state index contributed by atoms with van der Waals surface area (Å²) in [7, 11) is 0. The molecule has 0 saturated carbocycles. The molecule has 2 aromatic rings. The number of rotatable bonds is 6. The fourth-order valence-corrected chi connectivity index (χ4v) is 2.26. The summed E-state index contributed by atoms with van der Waals surface area (Å²) >= 11 is 5.96. The molecule has 0 aliphatic carbocycles. The van der Waals surface area contributed by atoms with Crippen LogP contribution in [0.25, 0.3) is 17.0 Å². The van der Waals surface area contributed by atoms with E-state index in [0.717, 1.165) is 10.9 Å². The molecular formula is C18H21ClN2O2. The molecule has 1 atom stereocenters. The molecule has 0 radical (unpaired) electrons. The van der Waals surface area contributed by atoms with Gasteiger partial charge in [-0.2, -0.15) is 0 Å². The third-order valence-corrected chi connectivity index (χ3v) is 3.83. The fourth-order valence-electron chi connectivity index (χ4n) is 2.10. The molecule has 1 aromatic carbocycles. The monoisotopic (exact) mass is 332 g/mol. The van der Waals surface area contributed by atoms with Crippen LogP contribution in [0.5, 0.6) is 0 Å². The molecular weight excluding hydrogens is 312 g/mol. The van der Waals surface area contributed by atoms with E-state index < -0.39 is 6.10 Å². The number of halogens is 1. The molecule has 2 N–H and O–H groups in total. The van der Waals surface area contributed by atoms with Gasteiger partial charge >= 0.3 is 0 Å². The second kappa shape index (κ2) is 8.09. The zero-order valence-corrected chi connectivity index (χ0v) is 14.0. The smallest absolute Gasteiger partial charge is 0.244 e. The lowest BCUT2D eigenvalue weighted by Gasteiger charge is -2.13. The van der Waals surface area contributed by atoms with Crippen molar-refractivity contribution in [3.05, 3.63) is 47.1 Å². The second-order valence-corrected chi connectivity index (χ2v) is 6.23. The molecule has 5 heteroatoms. The SMILES string of the molecule is CC(C)C(O)CCNC(=O)C=Cc1ccc2ccc(Cl)cc2n1. The van der Waals surface area contributed by atoms with Crippen LogP contribution in [-0.2, 0) is 4.79 Å². The number of hydrogen-bond donors (Lipinski definition) is 2. The summed E-state index contributed by atoms with van der Waals surface area (Å²) in [4.78, 5) is 16.2. The van der Waals surface area contributed by atoms with Gasteiger partial charge in [-0.3, -0.25) is 4.79 Å². The first-order valence-corrected chi connectivity index (χ1v) is 8.04. The first kappa shape index (κ1) is 17.4. The number of fused-ring (bicyclic) bond motifs is 1. The van der Waals surface area contributed by atoms with Crippen molar-refractivity contribution in [3.8, 4) is 0 Å². The van der Waals surface area contributed by atoms with Gasteiger partial charge in [0.1, 0.15) is 0 Å². The number of aromatic nitrogens is 1.